The smallest absolute Gasteiger partial charge is 0.320 e. The topological polar surface area (TPSA) is 79.2 Å². The molecule has 3 rings (SSSR count). The monoisotopic (exact) mass is 286 g/mol. The molecule has 1 unspecified atom stereocenters. The van der Waals surface area contributed by atoms with Crippen LogP contribution in [0.2, 0.25) is 0 Å². The average molecular weight is 286 g/mol. The molecule has 110 valence electrons. The minimum absolute atomic E-state index is 0.240. The van der Waals surface area contributed by atoms with E-state index in [1.807, 2.05) is 12.1 Å². The molecule has 1 aromatic carbocycles. The Bertz CT molecular complexity index is 638. The van der Waals surface area contributed by atoms with Crippen molar-refractivity contribution in [3.05, 3.63) is 41.7 Å². The molecule has 0 bridgehead atoms. The molecule has 1 atom stereocenters. The van der Waals surface area contributed by atoms with E-state index in [0.29, 0.717) is 18.1 Å². The Kier molecular flexibility index (Phi) is 3.77. The van der Waals surface area contributed by atoms with Crippen LogP contribution < -0.4 is 16.0 Å². The van der Waals surface area contributed by atoms with Crippen molar-refractivity contribution in [2.24, 2.45) is 0 Å². The van der Waals surface area contributed by atoms with Gasteiger partial charge in [0.2, 0.25) is 0 Å². The first-order valence-corrected chi connectivity index (χ1v) is 7.03. The number of para-hydroxylation sites is 1. The van der Waals surface area contributed by atoms with Crippen LogP contribution in [0.5, 0.6) is 0 Å². The second-order valence-electron chi connectivity index (χ2n) is 5.19. The van der Waals surface area contributed by atoms with Gasteiger partial charge < -0.3 is 15.2 Å². The molecule has 3 N–H and O–H groups in total. The second-order valence-corrected chi connectivity index (χ2v) is 5.19. The van der Waals surface area contributed by atoms with Crippen LogP contribution in [0.4, 0.5) is 16.3 Å². The minimum Gasteiger partial charge on any atom is -0.380 e. The molecule has 1 aliphatic rings. The van der Waals surface area contributed by atoms with Gasteiger partial charge in [0.05, 0.1) is 0 Å². The molecule has 0 saturated carbocycles. The van der Waals surface area contributed by atoms with Crippen LogP contribution in [0.15, 0.2) is 34.9 Å². The summed E-state index contributed by atoms with van der Waals surface area (Å²) in [4.78, 5) is 11.8. The third kappa shape index (κ3) is 3.34. The van der Waals surface area contributed by atoms with Crippen LogP contribution in [0.1, 0.15) is 17.7 Å². The highest BCUT2D eigenvalue weighted by Gasteiger charge is 2.17. The van der Waals surface area contributed by atoms with Crippen LogP contribution >= 0.6 is 0 Å². The normalized spacial score (nSPS) is 16.7. The van der Waals surface area contributed by atoms with Gasteiger partial charge in [-0.25, -0.2) is 4.79 Å². The van der Waals surface area contributed by atoms with E-state index in [1.54, 1.807) is 13.0 Å². The highest BCUT2D eigenvalue weighted by Crippen LogP contribution is 2.23. The number of rotatable bonds is 3. The van der Waals surface area contributed by atoms with Gasteiger partial charge in [0.1, 0.15) is 5.76 Å². The summed E-state index contributed by atoms with van der Waals surface area (Å²) in [5, 5.41) is 12.6. The number of hydrogen-bond donors (Lipinski definition) is 3. The lowest BCUT2D eigenvalue weighted by Crippen LogP contribution is -2.40. The van der Waals surface area contributed by atoms with Crippen LogP contribution in [0.3, 0.4) is 0 Å². The van der Waals surface area contributed by atoms with Gasteiger partial charge in [0, 0.05) is 24.3 Å². The Hall–Kier alpha value is -2.50. The summed E-state index contributed by atoms with van der Waals surface area (Å²) in [6.07, 6.45) is 2.03. The minimum atomic E-state index is -0.274. The van der Waals surface area contributed by atoms with Gasteiger partial charge in [-0.1, -0.05) is 23.4 Å². The van der Waals surface area contributed by atoms with Gasteiger partial charge in [-0.2, -0.15) is 0 Å². The van der Waals surface area contributed by atoms with Gasteiger partial charge in [-0.15, -0.1) is 0 Å². The van der Waals surface area contributed by atoms with E-state index >= 15 is 0 Å². The first-order chi connectivity index (χ1) is 10.2. The van der Waals surface area contributed by atoms with Crippen molar-refractivity contribution in [1.82, 2.24) is 10.5 Å². The molecule has 0 saturated heterocycles. The molecule has 0 fully saturated rings. The summed E-state index contributed by atoms with van der Waals surface area (Å²) in [6.45, 7) is 2.34. The predicted octanol–water partition coefficient (Wildman–Crippen LogP) is 2.53. The fraction of sp³-hybridized carbons (Fsp3) is 0.333. The molecular weight excluding hydrogens is 268 g/mol. The lowest BCUT2D eigenvalue weighted by molar-refractivity contribution is 0.251. The maximum absolute atomic E-state index is 11.8. The van der Waals surface area contributed by atoms with Gasteiger partial charge in [0.15, 0.2) is 5.82 Å². The van der Waals surface area contributed by atoms with Crippen molar-refractivity contribution in [1.29, 1.82) is 0 Å². The van der Waals surface area contributed by atoms with E-state index in [9.17, 15) is 4.79 Å². The Morgan fingerprint density at radius 3 is 3.14 bits per heavy atom. The second kappa shape index (κ2) is 5.87. The van der Waals surface area contributed by atoms with Crippen LogP contribution in [0, 0.1) is 6.92 Å². The van der Waals surface area contributed by atoms with Crippen molar-refractivity contribution < 1.29 is 9.32 Å². The SMILES string of the molecule is Cc1cc(NC(=O)NCC2CCc3ccccc3N2)no1. The molecule has 2 aromatic rings. The van der Waals surface area contributed by atoms with E-state index in [4.69, 9.17) is 4.52 Å². The number of aryl methyl sites for hydroxylation is 2. The summed E-state index contributed by atoms with van der Waals surface area (Å²) >= 11 is 0. The summed E-state index contributed by atoms with van der Waals surface area (Å²) in [5.41, 5.74) is 2.49. The zero-order chi connectivity index (χ0) is 14.7. The summed E-state index contributed by atoms with van der Waals surface area (Å²) in [6, 6.07) is 9.90. The number of fused-ring (bicyclic) bond motifs is 1. The lowest BCUT2D eigenvalue weighted by Gasteiger charge is -2.27. The van der Waals surface area contributed by atoms with E-state index in [2.05, 4.69) is 33.2 Å². The quantitative estimate of drug-likeness (QED) is 0.810. The molecule has 0 aliphatic carbocycles. The van der Waals surface area contributed by atoms with Gasteiger partial charge in [0.25, 0.3) is 0 Å². The summed E-state index contributed by atoms with van der Waals surface area (Å²) in [7, 11) is 0. The van der Waals surface area contributed by atoms with Crippen molar-refractivity contribution in [3.8, 4) is 0 Å². The summed E-state index contributed by atoms with van der Waals surface area (Å²) in [5.74, 6) is 1.09. The van der Waals surface area contributed by atoms with Gasteiger partial charge >= 0.3 is 6.03 Å². The van der Waals surface area contributed by atoms with E-state index < -0.39 is 0 Å². The zero-order valence-corrected chi connectivity index (χ0v) is 11.8. The maximum atomic E-state index is 11.8. The molecule has 2 amide bonds. The molecule has 2 heterocycles. The first kappa shape index (κ1) is 13.5. The Morgan fingerprint density at radius 2 is 2.33 bits per heavy atom. The van der Waals surface area contributed by atoms with Crippen molar-refractivity contribution in [2.45, 2.75) is 25.8 Å². The van der Waals surface area contributed by atoms with E-state index in [1.165, 1.54) is 5.56 Å². The molecule has 0 spiro atoms. The Labute approximate surface area is 122 Å². The van der Waals surface area contributed by atoms with Crippen molar-refractivity contribution in [3.63, 3.8) is 0 Å². The number of carbonyl (C=O) groups is 1. The van der Waals surface area contributed by atoms with E-state index in [-0.39, 0.29) is 12.1 Å². The third-order valence-corrected chi connectivity index (χ3v) is 3.52. The number of nitrogens with one attached hydrogen (secondary N) is 3. The number of aromatic nitrogens is 1. The number of nitrogens with zero attached hydrogens (tertiary/aromatic N) is 1. The molecule has 6 nitrogen and oxygen atoms in total. The molecule has 1 aliphatic heterocycles. The summed E-state index contributed by atoms with van der Waals surface area (Å²) < 4.78 is 4.89. The standard InChI is InChI=1S/C15H18N4O2/c1-10-8-14(19-21-10)18-15(20)16-9-12-7-6-11-4-2-3-5-13(11)17-12/h2-5,8,12,17H,6-7,9H2,1H3,(H2,16,18,19,20). The Morgan fingerprint density at radius 1 is 1.48 bits per heavy atom. The third-order valence-electron chi connectivity index (χ3n) is 3.52. The Balaban J connectivity index is 1.49. The number of hydrogen-bond acceptors (Lipinski definition) is 4. The molecular formula is C15H18N4O2. The largest absolute Gasteiger partial charge is 0.380 e. The molecule has 6 heteroatoms. The average Bonchev–Trinajstić information content (AvgIpc) is 2.90. The van der Waals surface area contributed by atoms with Crippen molar-refractivity contribution >= 4 is 17.5 Å². The van der Waals surface area contributed by atoms with Crippen molar-refractivity contribution in [2.75, 3.05) is 17.2 Å². The van der Waals surface area contributed by atoms with Gasteiger partial charge in [-0.05, 0) is 31.4 Å². The van der Waals surface area contributed by atoms with Crippen LogP contribution in [-0.2, 0) is 6.42 Å². The van der Waals surface area contributed by atoms with Gasteiger partial charge in [-0.3, -0.25) is 5.32 Å². The first-order valence-electron chi connectivity index (χ1n) is 7.03. The highest BCUT2D eigenvalue weighted by atomic mass is 16.5. The number of benzene rings is 1. The molecule has 0 radical (unpaired) electrons. The van der Waals surface area contributed by atoms with Crippen LogP contribution in [-0.4, -0.2) is 23.8 Å². The number of urea groups is 1. The highest BCUT2D eigenvalue weighted by molar-refractivity contribution is 5.88. The molecule has 21 heavy (non-hydrogen) atoms. The number of amides is 2. The molecule has 1 aromatic heterocycles. The predicted molar refractivity (Wildman–Crippen MR) is 80.4 cm³/mol. The van der Waals surface area contributed by atoms with Crippen LogP contribution in [0.25, 0.3) is 0 Å². The fourth-order valence-corrected chi connectivity index (χ4v) is 2.46. The number of anilines is 2. The lowest BCUT2D eigenvalue weighted by atomic mass is 9.98. The fourth-order valence-electron chi connectivity index (χ4n) is 2.46. The van der Waals surface area contributed by atoms with E-state index in [0.717, 1.165) is 18.5 Å². The zero-order valence-electron chi connectivity index (χ0n) is 11.8. The number of carbonyl (C=O) groups excluding carboxylic acids is 1. The maximum Gasteiger partial charge on any atom is 0.320 e.